The second-order valence-corrected chi connectivity index (χ2v) is 5.36. The van der Waals surface area contributed by atoms with Crippen molar-refractivity contribution in [3.05, 3.63) is 40.4 Å². The lowest BCUT2D eigenvalue weighted by Gasteiger charge is -2.07. The molecule has 0 radical (unpaired) electrons. The van der Waals surface area contributed by atoms with Crippen LogP contribution in [0.2, 0.25) is 5.02 Å². The van der Waals surface area contributed by atoms with E-state index in [-0.39, 0.29) is 16.4 Å². The molecule has 0 aliphatic carbocycles. The van der Waals surface area contributed by atoms with Gasteiger partial charge < -0.3 is 10.4 Å². The number of nitrogens with zero attached hydrogens (tertiary/aromatic N) is 3. The highest BCUT2D eigenvalue weighted by atomic mass is 35.5. The standard InChI is InChI=1S/C14H16ClFN4O2/c1-8(21)5-6-17-14(22)13-9(2)20(19-18-13)12-4-3-10(15)7-11(12)16/h3-4,7-8,21H,5-6H2,1-2H3,(H,17,22). The third-order valence-electron chi connectivity index (χ3n) is 3.10. The van der Waals surface area contributed by atoms with Crippen molar-refractivity contribution in [1.82, 2.24) is 20.3 Å². The van der Waals surface area contributed by atoms with Crippen molar-refractivity contribution in [3.63, 3.8) is 0 Å². The summed E-state index contributed by atoms with van der Waals surface area (Å²) >= 11 is 5.71. The van der Waals surface area contributed by atoms with E-state index >= 15 is 0 Å². The van der Waals surface area contributed by atoms with Crippen LogP contribution in [0.15, 0.2) is 18.2 Å². The van der Waals surface area contributed by atoms with Gasteiger partial charge in [0.15, 0.2) is 5.69 Å². The van der Waals surface area contributed by atoms with Crippen molar-refractivity contribution in [2.45, 2.75) is 26.4 Å². The van der Waals surface area contributed by atoms with E-state index in [4.69, 9.17) is 16.7 Å². The molecule has 118 valence electrons. The molecule has 1 amide bonds. The maximum atomic E-state index is 13.9. The Morgan fingerprint density at radius 2 is 2.27 bits per heavy atom. The number of halogens is 2. The fourth-order valence-electron chi connectivity index (χ4n) is 1.90. The Hall–Kier alpha value is -1.99. The molecule has 0 saturated heterocycles. The molecule has 1 heterocycles. The molecule has 0 bridgehead atoms. The molecule has 8 heteroatoms. The van der Waals surface area contributed by atoms with Gasteiger partial charge in [0.05, 0.1) is 11.8 Å². The van der Waals surface area contributed by atoms with Gasteiger partial charge in [0, 0.05) is 11.6 Å². The summed E-state index contributed by atoms with van der Waals surface area (Å²) in [5.41, 5.74) is 0.688. The summed E-state index contributed by atoms with van der Waals surface area (Å²) in [5, 5.41) is 19.7. The number of carbonyl (C=O) groups is 1. The van der Waals surface area contributed by atoms with E-state index in [9.17, 15) is 9.18 Å². The molecular weight excluding hydrogens is 311 g/mol. The first-order valence-corrected chi connectivity index (χ1v) is 7.12. The lowest BCUT2D eigenvalue weighted by Crippen LogP contribution is -2.27. The van der Waals surface area contributed by atoms with Crippen molar-refractivity contribution >= 4 is 17.5 Å². The van der Waals surface area contributed by atoms with Gasteiger partial charge in [-0.1, -0.05) is 16.8 Å². The zero-order valence-electron chi connectivity index (χ0n) is 12.2. The van der Waals surface area contributed by atoms with Gasteiger partial charge in [-0.25, -0.2) is 9.07 Å². The van der Waals surface area contributed by atoms with Crippen molar-refractivity contribution in [3.8, 4) is 5.69 Å². The van der Waals surface area contributed by atoms with Crippen molar-refractivity contribution in [1.29, 1.82) is 0 Å². The van der Waals surface area contributed by atoms with Crippen molar-refractivity contribution in [2.24, 2.45) is 0 Å². The summed E-state index contributed by atoms with van der Waals surface area (Å²) in [6, 6.07) is 4.17. The van der Waals surface area contributed by atoms with Crippen LogP contribution in [-0.4, -0.2) is 38.7 Å². The predicted octanol–water partition coefficient (Wildman–Crippen LogP) is 1.87. The highest BCUT2D eigenvalue weighted by molar-refractivity contribution is 6.30. The van der Waals surface area contributed by atoms with Crippen LogP contribution >= 0.6 is 11.6 Å². The minimum absolute atomic E-state index is 0.111. The Balaban J connectivity index is 2.20. The van der Waals surface area contributed by atoms with Gasteiger partial charge in [0.25, 0.3) is 5.91 Å². The largest absolute Gasteiger partial charge is 0.393 e. The number of carbonyl (C=O) groups excluding carboxylic acids is 1. The molecule has 1 aromatic heterocycles. The Bertz CT molecular complexity index is 687. The van der Waals surface area contributed by atoms with E-state index in [1.807, 2.05) is 0 Å². The predicted molar refractivity (Wildman–Crippen MR) is 79.7 cm³/mol. The van der Waals surface area contributed by atoms with Gasteiger partial charge in [-0.3, -0.25) is 4.79 Å². The molecule has 0 fully saturated rings. The Morgan fingerprint density at radius 3 is 2.91 bits per heavy atom. The van der Waals surface area contributed by atoms with Crippen LogP contribution in [0, 0.1) is 12.7 Å². The number of hydrogen-bond acceptors (Lipinski definition) is 4. The monoisotopic (exact) mass is 326 g/mol. The van der Waals surface area contributed by atoms with Crippen LogP contribution in [0.3, 0.4) is 0 Å². The van der Waals surface area contributed by atoms with E-state index in [0.29, 0.717) is 18.7 Å². The molecule has 0 spiro atoms. The van der Waals surface area contributed by atoms with Crippen LogP contribution in [0.1, 0.15) is 29.5 Å². The van der Waals surface area contributed by atoms with Gasteiger partial charge in [0.2, 0.25) is 0 Å². The third-order valence-corrected chi connectivity index (χ3v) is 3.33. The van der Waals surface area contributed by atoms with E-state index in [2.05, 4.69) is 15.6 Å². The van der Waals surface area contributed by atoms with E-state index in [0.717, 1.165) is 0 Å². The normalized spacial score (nSPS) is 12.2. The fraction of sp³-hybridized carbons (Fsp3) is 0.357. The molecule has 22 heavy (non-hydrogen) atoms. The Labute approximate surface area is 131 Å². The topological polar surface area (TPSA) is 80.0 Å². The number of benzene rings is 1. The number of nitrogens with one attached hydrogen (secondary N) is 1. The second kappa shape index (κ2) is 6.85. The highest BCUT2D eigenvalue weighted by Gasteiger charge is 2.18. The SMILES string of the molecule is Cc1c(C(=O)NCCC(C)O)nnn1-c1ccc(Cl)cc1F. The molecule has 1 unspecified atom stereocenters. The summed E-state index contributed by atoms with van der Waals surface area (Å²) in [4.78, 5) is 12.0. The second-order valence-electron chi connectivity index (χ2n) is 4.92. The molecule has 2 rings (SSSR count). The first-order valence-electron chi connectivity index (χ1n) is 6.74. The summed E-state index contributed by atoms with van der Waals surface area (Å²) in [7, 11) is 0. The number of rotatable bonds is 5. The molecule has 0 saturated carbocycles. The maximum Gasteiger partial charge on any atom is 0.273 e. The smallest absolute Gasteiger partial charge is 0.273 e. The quantitative estimate of drug-likeness (QED) is 0.879. The van der Waals surface area contributed by atoms with E-state index in [1.165, 1.54) is 22.9 Å². The number of aliphatic hydroxyl groups excluding tert-OH is 1. The first-order chi connectivity index (χ1) is 10.4. The van der Waals surface area contributed by atoms with Gasteiger partial charge in [-0.2, -0.15) is 0 Å². The number of amides is 1. The Morgan fingerprint density at radius 1 is 1.55 bits per heavy atom. The van der Waals surface area contributed by atoms with E-state index < -0.39 is 17.8 Å². The van der Waals surface area contributed by atoms with E-state index in [1.54, 1.807) is 13.8 Å². The molecule has 6 nitrogen and oxygen atoms in total. The summed E-state index contributed by atoms with van der Waals surface area (Å²) < 4.78 is 15.2. The number of aliphatic hydroxyl groups is 1. The zero-order chi connectivity index (χ0) is 16.3. The molecule has 0 aliphatic rings. The fourth-order valence-corrected chi connectivity index (χ4v) is 2.06. The minimum Gasteiger partial charge on any atom is -0.393 e. The molecule has 1 aromatic carbocycles. The number of aromatic nitrogens is 3. The van der Waals surface area contributed by atoms with Crippen molar-refractivity contribution < 1.29 is 14.3 Å². The molecule has 1 atom stereocenters. The minimum atomic E-state index is -0.554. The lowest BCUT2D eigenvalue weighted by atomic mass is 10.2. The van der Waals surface area contributed by atoms with Gasteiger partial charge >= 0.3 is 0 Å². The number of hydrogen-bond donors (Lipinski definition) is 2. The molecule has 2 aromatic rings. The highest BCUT2D eigenvalue weighted by Crippen LogP contribution is 2.19. The third kappa shape index (κ3) is 3.61. The summed E-state index contributed by atoms with van der Waals surface area (Å²) in [6.07, 6.45) is -0.0645. The summed E-state index contributed by atoms with van der Waals surface area (Å²) in [5.74, 6) is -0.972. The average molecular weight is 327 g/mol. The lowest BCUT2D eigenvalue weighted by molar-refractivity contribution is 0.0940. The van der Waals surface area contributed by atoms with Crippen LogP contribution in [0.5, 0.6) is 0 Å². The van der Waals surface area contributed by atoms with Crippen LogP contribution < -0.4 is 5.32 Å². The first kappa shape index (κ1) is 16.4. The van der Waals surface area contributed by atoms with Gasteiger partial charge in [-0.05, 0) is 38.5 Å². The van der Waals surface area contributed by atoms with Crippen molar-refractivity contribution in [2.75, 3.05) is 6.54 Å². The summed E-state index contributed by atoms with van der Waals surface area (Å²) in [6.45, 7) is 3.58. The molecule has 2 N–H and O–H groups in total. The van der Waals surface area contributed by atoms with Crippen LogP contribution in [0.4, 0.5) is 4.39 Å². The maximum absolute atomic E-state index is 13.9. The molecular formula is C14H16ClFN4O2. The zero-order valence-corrected chi connectivity index (χ0v) is 12.9. The van der Waals surface area contributed by atoms with Gasteiger partial charge in [-0.15, -0.1) is 5.10 Å². The average Bonchev–Trinajstić information content (AvgIpc) is 2.80. The van der Waals surface area contributed by atoms with Gasteiger partial charge in [0.1, 0.15) is 11.5 Å². The Kier molecular flexibility index (Phi) is 5.10. The van der Waals surface area contributed by atoms with Crippen LogP contribution in [0.25, 0.3) is 5.69 Å². The molecule has 0 aliphatic heterocycles. The van der Waals surface area contributed by atoms with Crippen LogP contribution in [-0.2, 0) is 0 Å².